The molecule has 0 aliphatic heterocycles. The number of nitrogens with zero attached hydrogens (tertiary/aromatic N) is 1. The minimum absolute atomic E-state index is 0.00546. The van der Waals surface area contributed by atoms with Crippen LogP contribution in [0.4, 0.5) is 18.9 Å². The number of benzene rings is 2. The molecule has 0 heterocycles. The number of alkyl halides is 3. The van der Waals surface area contributed by atoms with E-state index < -0.39 is 29.3 Å². The Morgan fingerprint density at radius 1 is 1.00 bits per heavy atom. The van der Waals surface area contributed by atoms with E-state index in [4.69, 9.17) is 0 Å². The highest BCUT2D eigenvalue weighted by Gasteiger charge is 2.37. The molecule has 8 heteroatoms. The molecule has 22 heavy (non-hydrogen) atoms. The third-order valence-corrected chi connectivity index (χ3v) is 2.62. The number of phenolic OH excluding ortho intramolecular Hbond substituents is 2. The normalized spacial score (nSPS) is 11.2. The van der Waals surface area contributed by atoms with Crippen LogP contribution < -0.4 is 5.06 Å². The molecule has 2 rings (SSSR count). The zero-order valence-corrected chi connectivity index (χ0v) is 10.9. The highest BCUT2D eigenvalue weighted by Crippen LogP contribution is 2.32. The molecule has 0 bridgehead atoms. The number of para-hydroxylation sites is 2. The lowest BCUT2D eigenvalue weighted by Gasteiger charge is -2.23. The number of hydrogen-bond acceptors (Lipinski definition) is 4. The van der Waals surface area contributed by atoms with Crippen LogP contribution in [-0.2, 0) is 4.84 Å². The maximum absolute atomic E-state index is 12.5. The molecule has 2 aromatic rings. The zero-order valence-electron chi connectivity index (χ0n) is 10.9. The average Bonchev–Trinajstić information content (AvgIpc) is 2.47. The molecule has 2 N–H and O–H groups in total. The van der Waals surface area contributed by atoms with Crippen molar-refractivity contribution in [2.45, 2.75) is 6.36 Å². The van der Waals surface area contributed by atoms with Crippen LogP contribution in [0.25, 0.3) is 0 Å². The molecule has 0 saturated heterocycles. The lowest BCUT2D eigenvalue weighted by Crippen LogP contribution is -2.36. The zero-order chi connectivity index (χ0) is 16.3. The molecule has 5 nitrogen and oxygen atoms in total. The number of amides is 1. The van der Waals surface area contributed by atoms with E-state index >= 15 is 0 Å². The Hall–Kier alpha value is -2.74. The Labute approximate surface area is 122 Å². The van der Waals surface area contributed by atoms with Gasteiger partial charge < -0.3 is 10.2 Å². The molecule has 116 valence electrons. The van der Waals surface area contributed by atoms with E-state index in [0.29, 0.717) is 0 Å². The molecule has 0 atom stereocenters. The van der Waals surface area contributed by atoms with E-state index in [9.17, 15) is 28.2 Å². The summed E-state index contributed by atoms with van der Waals surface area (Å²) >= 11 is 0. The molecule has 0 fully saturated rings. The van der Waals surface area contributed by atoms with Crippen molar-refractivity contribution in [1.29, 1.82) is 0 Å². The van der Waals surface area contributed by atoms with E-state index in [-0.39, 0.29) is 10.8 Å². The number of phenols is 2. The van der Waals surface area contributed by atoms with Crippen LogP contribution in [0, 0.1) is 0 Å². The van der Waals surface area contributed by atoms with Gasteiger partial charge in [-0.2, -0.15) is 9.90 Å². The summed E-state index contributed by atoms with van der Waals surface area (Å²) in [5.74, 6) is -2.75. The summed E-state index contributed by atoms with van der Waals surface area (Å²) in [4.78, 5) is 16.0. The van der Waals surface area contributed by atoms with Gasteiger partial charge in [-0.1, -0.05) is 24.3 Å². The number of anilines is 1. The fourth-order valence-electron chi connectivity index (χ4n) is 1.69. The van der Waals surface area contributed by atoms with Crippen molar-refractivity contribution in [3.05, 3.63) is 54.1 Å². The van der Waals surface area contributed by atoms with Crippen molar-refractivity contribution in [3.63, 3.8) is 0 Å². The molecule has 0 aliphatic rings. The average molecular weight is 313 g/mol. The fourth-order valence-corrected chi connectivity index (χ4v) is 1.69. The first-order valence-electron chi connectivity index (χ1n) is 5.96. The van der Waals surface area contributed by atoms with Crippen molar-refractivity contribution in [2.75, 3.05) is 5.06 Å². The van der Waals surface area contributed by atoms with Crippen LogP contribution in [0.15, 0.2) is 48.5 Å². The third kappa shape index (κ3) is 3.47. The van der Waals surface area contributed by atoms with Crippen LogP contribution in [0.3, 0.4) is 0 Å². The molecule has 0 aromatic heterocycles. The number of rotatable bonds is 3. The van der Waals surface area contributed by atoms with Crippen molar-refractivity contribution in [2.24, 2.45) is 0 Å². The van der Waals surface area contributed by atoms with Crippen molar-refractivity contribution >= 4 is 11.6 Å². The number of carbonyl (C=O) groups is 1. The summed E-state index contributed by atoms with van der Waals surface area (Å²) in [6.07, 6.45) is -5.11. The molecule has 0 saturated carbocycles. The second kappa shape index (κ2) is 5.94. The lowest BCUT2D eigenvalue weighted by molar-refractivity contribution is -0.325. The minimum Gasteiger partial charge on any atom is -0.504 e. The highest BCUT2D eigenvalue weighted by atomic mass is 19.4. The highest BCUT2D eigenvalue weighted by molar-refractivity contribution is 6.07. The van der Waals surface area contributed by atoms with E-state index in [0.717, 1.165) is 12.1 Å². The van der Waals surface area contributed by atoms with Crippen LogP contribution in [0.2, 0.25) is 0 Å². The maximum Gasteiger partial charge on any atom is 0.544 e. The molecule has 0 spiro atoms. The second-order valence-corrected chi connectivity index (χ2v) is 4.15. The van der Waals surface area contributed by atoms with Gasteiger partial charge in [0.15, 0.2) is 11.5 Å². The van der Waals surface area contributed by atoms with Gasteiger partial charge >= 0.3 is 6.36 Å². The van der Waals surface area contributed by atoms with Gasteiger partial charge in [-0.05, 0) is 24.3 Å². The van der Waals surface area contributed by atoms with Gasteiger partial charge in [0.2, 0.25) is 0 Å². The van der Waals surface area contributed by atoms with Gasteiger partial charge in [-0.3, -0.25) is 4.79 Å². The smallest absolute Gasteiger partial charge is 0.504 e. The van der Waals surface area contributed by atoms with Crippen molar-refractivity contribution in [3.8, 4) is 11.5 Å². The minimum atomic E-state index is -5.11. The summed E-state index contributed by atoms with van der Waals surface area (Å²) in [7, 11) is 0. The first-order chi connectivity index (χ1) is 10.3. The standard InChI is InChI=1S/C14H10F3NO4/c15-14(16,17)22-18(9-5-2-1-3-6-9)13(21)10-7-4-8-11(19)12(10)20/h1-8,19-20H. The molecular weight excluding hydrogens is 303 g/mol. The van der Waals surface area contributed by atoms with Gasteiger partial charge in [0.05, 0.1) is 11.3 Å². The monoisotopic (exact) mass is 313 g/mol. The summed E-state index contributed by atoms with van der Waals surface area (Å²) in [6.45, 7) is 0. The van der Waals surface area contributed by atoms with E-state index in [2.05, 4.69) is 4.84 Å². The SMILES string of the molecule is O=C(c1cccc(O)c1O)N(OC(F)(F)F)c1ccccc1. The second-order valence-electron chi connectivity index (χ2n) is 4.15. The first kappa shape index (κ1) is 15.6. The molecule has 2 aromatic carbocycles. The van der Waals surface area contributed by atoms with Gasteiger partial charge in [-0.25, -0.2) is 0 Å². The Morgan fingerprint density at radius 2 is 1.64 bits per heavy atom. The van der Waals surface area contributed by atoms with Crippen LogP contribution in [0.5, 0.6) is 11.5 Å². The quantitative estimate of drug-likeness (QED) is 0.674. The summed E-state index contributed by atoms with van der Waals surface area (Å²) in [5.41, 5.74) is -0.722. The van der Waals surface area contributed by atoms with Crippen molar-refractivity contribution < 1.29 is 33.0 Å². The lowest BCUT2D eigenvalue weighted by atomic mass is 10.1. The summed E-state index contributed by atoms with van der Waals surface area (Å²) in [6, 6.07) is 10.2. The summed E-state index contributed by atoms with van der Waals surface area (Å²) in [5, 5.41) is 19.0. The molecular formula is C14H10F3NO4. The Morgan fingerprint density at radius 3 is 2.23 bits per heavy atom. The molecule has 1 amide bonds. The molecule has 0 unspecified atom stereocenters. The Balaban J connectivity index is 2.45. The predicted octanol–water partition coefficient (Wildman–Crippen LogP) is 3.20. The Bertz CT molecular complexity index is 674. The topological polar surface area (TPSA) is 70.0 Å². The van der Waals surface area contributed by atoms with Gasteiger partial charge in [-0.15, -0.1) is 13.2 Å². The fraction of sp³-hybridized carbons (Fsp3) is 0.0714. The van der Waals surface area contributed by atoms with Gasteiger partial charge in [0.25, 0.3) is 5.91 Å². The van der Waals surface area contributed by atoms with E-state index in [1.165, 1.54) is 30.3 Å². The van der Waals surface area contributed by atoms with Crippen LogP contribution in [-0.4, -0.2) is 22.5 Å². The van der Waals surface area contributed by atoms with E-state index in [1.807, 2.05) is 0 Å². The van der Waals surface area contributed by atoms with Gasteiger partial charge in [0, 0.05) is 0 Å². The first-order valence-corrected chi connectivity index (χ1v) is 5.96. The number of carbonyl (C=O) groups excluding carboxylic acids is 1. The van der Waals surface area contributed by atoms with E-state index in [1.54, 1.807) is 6.07 Å². The Kier molecular flexibility index (Phi) is 4.22. The number of hydrogen-bond donors (Lipinski definition) is 2. The largest absolute Gasteiger partial charge is 0.544 e. The third-order valence-electron chi connectivity index (χ3n) is 2.62. The predicted molar refractivity (Wildman–Crippen MR) is 70.2 cm³/mol. The summed E-state index contributed by atoms with van der Waals surface area (Å²) < 4.78 is 37.6. The molecule has 0 aliphatic carbocycles. The number of halogens is 3. The van der Waals surface area contributed by atoms with Crippen LogP contribution in [0.1, 0.15) is 10.4 Å². The molecule has 0 radical (unpaired) electrons. The van der Waals surface area contributed by atoms with Crippen LogP contribution >= 0.6 is 0 Å². The van der Waals surface area contributed by atoms with Crippen molar-refractivity contribution in [1.82, 2.24) is 0 Å². The number of hydroxylamine groups is 1. The van der Waals surface area contributed by atoms with Gasteiger partial charge in [0.1, 0.15) is 0 Å². The number of aromatic hydroxyl groups is 2. The maximum atomic E-state index is 12.5.